The number of aryl methyl sites for hydroxylation is 1. The molecule has 1 aromatic heterocycles. The first-order valence-corrected chi connectivity index (χ1v) is 5.96. The highest BCUT2D eigenvalue weighted by Gasteiger charge is 2.26. The van der Waals surface area contributed by atoms with Crippen LogP contribution in [0.2, 0.25) is 0 Å². The number of aromatic nitrogens is 1. The van der Waals surface area contributed by atoms with Gasteiger partial charge < -0.3 is 4.57 Å². The van der Waals surface area contributed by atoms with Gasteiger partial charge in [-0.25, -0.2) is 0 Å². The molecule has 1 aromatic carbocycles. The second kappa shape index (κ2) is 3.36. The van der Waals surface area contributed by atoms with Gasteiger partial charge in [0.05, 0.1) is 0 Å². The van der Waals surface area contributed by atoms with Crippen LogP contribution in [-0.2, 0) is 13.5 Å². The molecular formula is C14H18N2. The van der Waals surface area contributed by atoms with Crippen LogP contribution < -0.4 is 0 Å². The van der Waals surface area contributed by atoms with Gasteiger partial charge in [0.1, 0.15) is 0 Å². The van der Waals surface area contributed by atoms with E-state index >= 15 is 0 Å². The Bertz CT molecular complexity index is 539. The zero-order valence-corrected chi connectivity index (χ0v) is 10.2. The highest BCUT2D eigenvalue weighted by atomic mass is 15.2. The van der Waals surface area contributed by atoms with Crippen molar-refractivity contribution in [2.45, 2.75) is 19.4 Å². The molecule has 84 valence electrons. The van der Waals surface area contributed by atoms with Crippen molar-refractivity contribution in [3.63, 3.8) is 0 Å². The van der Waals surface area contributed by atoms with Crippen molar-refractivity contribution in [3.05, 3.63) is 35.5 Å². The molecule has 0 radical (unpaired) electrons. The van der Waals surface area contributed by atoms with Crippen LogP contribution in [0.4, 0.5) is 0 Å². The second-order valence-corrected chi connectivity index (χ2v) is 4.85. The van der Waals surface area contributed by atoms with Gasteiger partial charge in [-0.3, -0.25) is 4.90 Å². The van der Waals surface area contributed by atoms with Crippen molar-refractivity contribution >= 4 is 10.9 Å². The van der Waals surface area contributed by atoms with Crippen molar-refractivity contribution in [2.24, 2.45) is 7.05 Å². The maximum absolute atomic E-state index is 2.43. The molecule has 0 saturated heterocycles. The van der Waals surface area contributed by atoms with Crippen LogP contribution in [0.1, 0.15) is 24.2 Å². The Hall–Kier alpha value is -1.28. The van der Waals surface area contributed by atoms with Crippen molar-refractivity contribution in [1.29, 1.82) is 0 Å². The molecule has 16 heavy (non-hydrogen) atoms. The molecule has 0 fully saturated rings. The van der Waals surface area contributed by atoms with Crippen molar-refractivity contribution < 1.29 is 0 Å². The minimum atomic E-state index is 0.529. The molecule has 0 aliphatic carbocycles. The molecule has 1 aliphatic heterocycles. The van der Waals surface area contributed by atoms with E-state index in [9.17, 15) is 0 Å². The third kappa shape index (κ3) is 1.17. The fourth-order valence-electron chi connectivity index (χ4n) is 2.98. The number of rotatable bonds is 0. The first-order chi connectivity index (χ1) is 7.70. The Balaban J connectivity index is 2.35. The van der Waals surface area contributed by atoms with Crippen LogP contribution in [0.3, 0.4) is 0 Å². The lowest BCUT2D eigenvalue weighted by Gasteiger charge is -2.31. The molecule has 0 amide bonds. The second-order valence-electron chi connectivity index (χ2n) is 4.85. The van der Waals surface area contributed by atoms with Gasteiger partial charge in [-0.15, -0.1) is 0 Å². The summed E-state index contributed by atoms with van der Waals surface area (Å²) in [5, 5.41) is 1.44. The molecule has 2 heterocycles. The van der Waals surface area contributed by atoms with E-state index in [1.807, 2.05) is 0 Å². The van der Waals surface area contributed by atoms with Gasteiger partial charge in [0.2, 0.25) is 0 Å². The molecule has 1 aliphatic rings. The largest absolute Gasteiger partial charge is 0.346 e. The lowest BCUT2D eigenvalue weighted by Crippen LogP contribution is -2.31. The summed E-state index contributed by atoms with van der Waals surface area (Å²) in [6.07, 6.45) is 1.18. The third-order valence-electron chi connectivity index (χ3n) is 4.03. The summed E-state index contributed by atoms with van der Waals surface area (Å²) in [5.74, 6) is 0. The summed E-state index contributed by atoms with van der Waals surface area (Å²) in [7, 11) is 4.40. The summed E-state index contributed by atoms with van der Waals surface area (Å²) < 4.78 is 2.37. The van der Waals surface area contributed by atoms with Crippen molar-refractivity contribution in [3.8, 4) is 0 Å². The quantitative estimate of drug-likeness (QED) is 0.654. The van der Waals surface area contributed by atoms with Crippen LogP contribution in [0, 0.1) is 0 Å². The Morgan fingerprint density at radius 1 is 1.19 bits per heavy atom. The number of fused-ring (bicyclic) bond motifs is 3. The minimum absolute atomic E-state index is 0.529. The molecule has 0 saturated carbocycles. The highest BCUT2D eigenvalue weighted by molar-refractivity contribution is 5.86. The van der Waals surface area contributed by atoms with Crippen LogP contribution in [0.5, 0.6) is 0 Å². The fourth-order valence-corrected chi connectivity index (χ4v) is 2.98. The zero-order valence-electron chi connectivity index (χ0n) is 10.2. The maximum Gasteiger partial charge on any atom is 0.0483 e. The Morgan fingerprint density at radius 2 is 1.94 bits per heavy atom. The summed E-state index contributed by atoms with van der Waals surface area (Å²) in [6.45, 7) is 3.47. The van der Waals surface area contributed by atoms with Crippen molar-refractivity contribution in [1.82, 2.24) is 9.47 Å². The van der Waals surface area contributed by atoms with E-state index in [1.165, 1.54) is 29.6 Å². The zero-order chi connectivity index (χ0) is 11.3. The predicted molar refractivity (Wildman–Crippen MR) is 67.7 cm³/mol. The van der Waals surface area contributed by atoms with Crippen LogP contribution >= 0.6 is 0 Å². The smallest absolute Gasteiger partial charge is 0.0483 e. The molecule has 3 rings (SSSR count). The minimum Gasteiger partial charge on any atom is -0.346 e. The van der Waals surface area contributed by atoms with E-state index in [4.69, 9.17) is 0 Å². The molecular weight excluding hydrogens is 196 g/mol. The first kappa shape index (κ1) is 9.91. The van der Waals surface area contributed by atoms with E-state index in [-0.39, 0.29) is 0 Å². The fraction of sp³-hybridized carbons (Fsp3) is 0.429. The molecule has 2 nitrogen and oxygen atoms in total. The van der Waals surface area contributed by atoms with E-state index < -0.39 is 0 Å². The number of para-hydroxylation sites is 1. The van der Waals surface area contributed by atoms with Crippen molar-refractivity contribution in [2.75, 3.05) is 13.6 Å². The van der Waals surface area contributed by atoms with Gasteiger partial charge in [0.25, 0.3) is 0 Å². The molecule has 0 bridgehead atoms. The first-order valence-electron chi connectivity index (χ1n) is 5.96. The van der Waals surface area contributed by atoms with Gasteiger partial charge in [-0.2, -0.15) is 0 Å². The van der Waals surface area contributed by atoms with Crippen LogP contribution in [0.25, 0.3) is 10.9 Å². The molecule has 1 unspecified atom stereocenters. The summed E-state index contributed by atoms with van der Waals surface area (Å²) in [6, 6.07) is 9.28. The number of nitrogens with zero attached hydrogens (tertiary/aromatic N) is 2. The lowest BCUT2D eigenvalue weighted by atomic mass is 9.99. The molecule has 0 N–H and O–H groups in total. The molecule has 2 aromatic rings. The van der Waals surface area contributed by atoms with Gasteiger partial charge in [-0.1, -0.05) is 18.2 Å². The summed E-state index contributed by atoms with van der Waals surface area (Å²) >= 11 is 0. The van der Waals surface area contributed by atoms with E-state index in [1.54, 1.807) is 5.56 Å². The Kier molecular flexibility index (Phi) is 2.08. The van der Waals surface area contributed by atoms with Gasteiger partial charge in [0, 0.05) is 36.2 Å². The number of hydrogen-bond donors (Lipinski definition) is 0. The average molecular weight is 214 g/mol. The predicted octanol–water partition coefficient (Wildman–Crippen LogP) is 2.73. The molecule has 1 atom stereocenters. The van der Waals surface area contributed by atoms with Gasteiger partial charge in [-0.05, 0) is 32.0 Å². The SMILES string of the molecule is CC1c2c(c3ccccc3n2C)CCN1C. The van der Waals surface area contributed by atoms with E-state index in [0.29, 0.717) is 6.04 Å². The Labute approximate surface area is 96.5 Å². The monoisotopic (exact) mass is 214 g/mol. The summed E-state index contributed by atoms with van der Waals surface area (Å²) in [5.41, 5.74) is 4.42. The normalized spacial score (nSPS) is 21.3. The number of benzene rings is 1. The van der Waals surface area contributed by atoms with E-state index in [2.05, 4.69) is 54.8 Å². The summed E-state index contributed by atoms with van der Waals surface area (Å²) in [4.78, 5) is 2.43. The Morgan fingerprint density at radius 3 is 2.75 bits per heavy atom. The van der Waals surface area contributed by atoms with Gasteiger partial charge >= 0.3 is 0 Å². The molecule has 0 spiro atoms. The lowest BCUT2D eigenvalue weighted by molar-refractivity contribution is 0.239. The average Bonchev–Trinajstić information content (AvgIpc) is 2.59. The van der Waals surface area contributed by atoms with E-state index in [0.717, 1.165) is 0 Å². The number of likely N-dealkylation sites (N-methyl/N-ethyl adjacent to an activating group) is 1. The highest BCUT2D eigenvalue weighted by Crippen LogP contribution is 2.35. The third-order valence-corrected chi connectivity index (χ3v) is 4.03. The van der Waals surface area contributed by atoms with Crippen LogP contribution in [0.15, 0.2) is 24.3 Å². The topological polar surface area (TPSA) is 8.17 Å². The molecule has 2 heteroatoms. The standard InChI is InChI=1S/C14H18N2/c1-10-14-12(8-9-15(10)2)11-6-4-5-7-13(11)16(14)3/h4-7,10H,8-9H2,1-3H3. The van der Waals surface area contributed by atoms with Crippen LogP contribution in [-0.4, -0.2) is 23.1 Å². The van der Waals surface area contributed by atoms with Gasteiger partial charge in [0.15, 0.2) is 0 Å². The number of hydrogen-bond acceptors (Lipinski definition) is 1. The maximum atomic E-state index is 2.43.